The van der Waals surface area contributed by atoms with E-state index in [1.54, 1.807) is 24.3 Å². The summed E-state index contributed by atoms with van der Waals surface area (Å²) in [5.74, 6) is -1.47. The number of halogens is 4. The number of carbonyl (C=O) groups is 1. The second-order valence-corrected chi connectivity index (χ2v) is 5.85. The van der Waals surface area contributed by atoms with Gasteiger partial charge in [-0.2, -0.15) is 18.3 Å². The quantitative estimate of drug-likeness (QED) is 0.818. The SMILES string of the molecule is O=C(O)CSc1cc(C(F)(F)F)nn1-c1cccc(Br)c1. The fraction of sp³-hybridized carbons (Fsp3) is 0.167. The molecule has 1 heterocycles. The van der Waals surface area contributed by atoms with Crippen molar-refractivity contribution in [2.24, 2.45) is 0 Å². The van der Waals surface area contributed by atoms with Gasteiger partial charge in [0.2, 0.25) is 0 Å². The van der Waals surface area contributed by atoms with Crippen molar-refractivity contribution >= 4 is 33.7 Å². The molecule has 0 amide bonds. The smallest absolute Gasteiger partial charge is 0.435 e. The standard InChI is InChI=1S/C12H8BrF3N2O2S/c13-7-2-1-3-8(4-7)18-10(21-6-11(19)20)5-9(17-18)12(14,15)16/h1-5H,6H2,(H,19,20). The lowest BCUT2D eigenvalue weighted by molar-refractivity contribution is -0.141. The molecular weight excluding hydrogens is 373 g/mol. The molecule has 4 nitrogen and oxygen atoms in total. The molecule has 0 saturated carbocycles. The molecule has 0 saturated heterocycles. The van der Waals surface area contributed by atoms with Crippen molar-refractivity contribution in [1.29, 1.82) is 0 Å². The predicted octanol–water partition coefficient (Wildman–Crippen LogP) is 3.83. The maximum atomic E-state index is 12.8. The van der Waals surface area contributed by atoms with E-state index in [0.717, 1.165) is 22.5 Å². The van der Waals surface area contributed by atoms with Gasteiger partial charge in [0.05, 0.1) is 11.4 Å². The Bertz CT molecular complexity index is 673. The van der Waals surface area contributed by atoms with Crippen LogP contribution in [-0.2, 0) is 11.0 Å². The van der Waals surface area contributed by atoms with Crippen LogP contribution in [0.2, 0.25) is 0 Å². The van der Waals surface area contributed by atoms with Gasteiger partial charge in [0.15, 0.2) is 5.69 Å². The summed E-state index contributed by atoms with van der Waals surface area (Å²) in [6.07, 6.45) is -4.59. The van der Waals surface area contributed by atoms with Gasteiger partial charge in [-0.1, -0.05) is 33.8 Å². The lowest BCUT2D eigenvalue weighted by Crippen LogP contribution is -2.07. The minimum absolute atomic E-state index is 0.114. The van der Waals surface area contributed by atoms with E-state index < -0.39 is 17.8 Å². The van der Waals surface area contributed by atoms with Crippen LogP contribution in [0.1, 0.15) is 5.69 Å². The second-order valence-electron chi connectivity index (χ2n) is 3.94. The Kier molecular flexibility index (Phi) is 4.62. The van der Waals surface area contributed by atoms with E-state index in [9.17, 15) is 18.0 Å². The number of aromatic nitrogens is 2. The summed E-state index contributed by atoms with van der Waals surface area (Å²) >= 11 is 4.01. The van der Waals surface area contributed by atoms with Crippen molar-refractivity contribution in [3.63, 3.8) is 0 Å². The molecule has 0 bridgehead atoms. The van der Waals surface area contributed by atoms with E-state index >= 15 is 0 Å². The Labute approximate surface area is 130 Å². The predicted molar refractivity (Wildman–Crippen MR) is 74.6 cm³/mol. The van der Waals surface area contributed by atoms with Gasteiger partial charge < -0.3 is 5.11 Å². The molecule has 2 rings (SSSR count). The number of hydrogen-bond acceptors (Lipinski definition) is 3. The maximum absolute atomic E-state index is 12.8. The zero-order valence-electron chi connectivity index (χ0n) is 10.3. The van der Waals surface area contributed by atoms with Crippen molar-refractivity contribution in [2.75, 3.05) is 5.75 Å². The molecule has 1 aromatic carbocycles. The summed E-state index contributed by atoms with van der Waals surface area (Å²) in [6, 6.07) is 7.40. The molecule has 0 fully saturated rings. The molecule has 1 N–H and O–H groups in total. The Morgan fingerprint density at radius 2 is 2.10 bits per heavy atom. The lowest BCUT2D eigenvalue weighted by atomic mass is 10.3. The Balaban J connectivity index is 2.46. The number of hydrogen-bond donors (Lipinski definition) is 1. The number of aliphatic carboxylic acids is 1. The number of carboxylic acid groups (broad SMARTS) is 1. The van der Waals surface area contributed by atoms with Gasteiger partial charge in [0.25, 0.3) is 0 Å². The lowest BCUT2D eigenvalue weighted by Gasteiger charge is -2.06. The van der Waals surface area contributed by atoms with Crippen molar-refractivity contribution in [2.45, 2.75) is 11.2 Å². The third-order valence-electron chi connectivity index (χ3n) is 2.36. The van der Waals surface area contributed by atoms with Crippen LogP contribution in [-0.4, -0.2) is 26.6 Å². The molecule has 21 heavy (non-hydrogen) atoms. The fourth-order valence-electron chi connectivity index (χ4n) is 1.53. The summed E-state index contributed by atoms with van der Waals surface area (Å²) in [6.45, 7) is 0. The van der Waals surface area contributed by atoms with Crippen LogP contribution in [0.25, 0.3) is 5.69 Å². The first-order chi connectivity index (χ1) is 9.77. The van der Waals surface area contributed by atoms with Crippen LogP contribution in [0, 0.1) is 0 Å². The van der Waals surface area contributed by atoms with Gasteiger partial charge in [0, 0.05) is 10.5 Å². The Morgan fingerprint density at radius 3 is 2.67 bits per heavy atom. The van der Waals surface area contributed by atoms with E-state index in [-0.39, 0.29) is 10.8 Å². The van der Waals surface area contributed by atoms with Gasteiger partial charge in [-0.05, 0) is 18.2 Å². The largest absolute Gasteiger partial charge is 0.481 e. The van der Waals surface area contributed by atoms with E-state index in [1.165, 1.54) is 0 Å². The first-order valence-corrected chi connectivity index (χ1v) is 7.33. The first-order valence-electron chi connectivity index (χ1n) is 5.55. The van der Waals surface area contributed by atoms with Crippen molar-refractivity contribution in [3.8, 4) is 5.69 Å². The second kappa shape index (κ2) is 6.10. The van der Waals surface area contributed by atoms with Crippen molar-refractivity contribution in [3.05, 3.63) is 40.5 Å². The average Bonchev–Trinajstić information content (AvgIpc) is 2.80. The highest BCUT2D eigenvalue weighted by molar-refractivity contribution is 9.10. The summed E-state index contributed by atoms with van der Waals surface area (Å²) in [5.41, 5.74) is -0.650. The number of benzene rings is 1. The molecule has 0 aliphatic heterocycles. The summed E-state index contributed by atoms with van der Waals surface area (Å²) in [5, 5.41) is 12.3. The topological polar surface area (TPSA) is 55.1 Å². The molecular formula is C12H8BrF3N2O2S. The van der Waals surface area contributed by atoms with Gasteiger partial charge in [-0.15, -0.1) is 0 Å². The van der Waals surface area contributed by atoms with E-state index in [4.69, 9.17) is 5.11 Å². The number of thioether (sulfide) groups is 1. The molecule has 0 spiro atoms. The van der Waals surface area contributed by atoms with Crippen LogP contribution < -0.4 is 0 Å². The monoisotopic (exact) mass is 380 g/mol. The van der Waals surface area contributed by atoms with Crippen LogP contribution in [0.4, 0.5) is 13.2 Å². The summed E-state index contributed by atoms with van der Waals surface area (Å²) in [4.78, 5) is 10.6. The van der Waals surface area contributed by atoms with Crippen LogP contribution >= 0.6 is 27.7 Å². The minimum atomic E-state index is -4.59. The van der Waals surface area contributed by atoms with Gasteiger partial charge in [-0.25, -0.2) is 4.68 Å². The zero-order chi connectivity index (χ0) is 15.6. The summed E-state index contributed by atoms with van der Waals surface area (Å²) < 4.78 is 40.1. The highest BCUT2D eigenvalue weighted by Gasteiger charge is 2.35. The van der Waals surface area contributed by atoms with Crippen LogP contribution in [0.3, 0.4) is 0 Å². The maximum Gasteiger partial charge on any atom is 0.435 e. The molecule has 0 aliphatic carbocycles. The highest BCUT2D eigenvalue weighted by Crippen LogP contribution is 2.33. The van der Waals surface area contributed by atoms with E-state index in [0.29, 0.717) is 10.2 Å². The Morgan fingerprint density at radius 1 is 1.38 bits per heavy atom. The normalized spacial score (nSPS) is 11.6. The summed E-state index contributed by atoms with van der Waals surface area (Å²) in [7, 11) is 0. The fourth-order valence-corrected chi connectivity index (χ4v) is 2.66. The van der Waals surface area contributed by atoms with Gasteiger partial charge >= 0.3 is 12.1 Å². The van der Waals surface area contributed by atoms with Gasteiger partial charge in [-0.3, -0.25) is 4.79 Å². The molecule has 0 unspecified atom stereocenters. The molecule has 0 atom stereocenters. The molecule has 0 radical (unpaired) electrons. The number of carboxylic acids is 1. The molecule has 0 aliphatic rings. The zero-order valence-corrected chi connectivity index (χ0v) is 12.7. The number of alkyl halides is 3. The third kappa shape index (κ3) is 4.01. The van der Waals surface area contributed by atoms with Crippen LogP contribution in [0.15, 0.2) is 39.8 Å². The van der Waals surface area contributed by atoms with Crippen molar-refractivity contribution in [1.82, 2.24) is 9.78 Å². The highest BCUT2D eigenvalue weighted by atomic mass is 79.9. The first kappa shape index (κ1) is 15.9. The van der Waals surface area contributed by atoms with Gasteiger partial charge in [0.1, 0.15) is 5.03 Å². The average molecular weight is 381 g/mol. The van der Waals surface area contributed by atoms with E-state index in [1.807, 2.05) is 0 Å². The third-order valence-corrected chi connectivity index (χ3v) is 3.83. The molecule has 9 heteroatoms. The number of nitrogens with zero attached hydrogens (tertiary/aromatic N) is 2. The molecule has 2 aromatic rings. The number of rotatable bonds is 4. The molecule has 112 valence electrons. The van der Waals surface area contributed by atoms with E-state index in [2.05, 4.69) is 21.0 Å². The molecule has 1 aromatic heterocycles. The minimum Gasteiger partial charge on any atom is -0.481 e. The Hall–Kier alpha value is -1.48. The van der Waals surface area contributed by atoms with Crippen LogP contribution in [0.5, 0.6) is 0 Å². The van der Waals surface area contributed by atoms with Crippen molar-refractivity contribution < 1.29 is 23.1 Å².